The summed E-state index contributed by atoms with van der Waals surface area (Å²) in [5.74, 6) is 0.650. The Morgan fingerprint density at radius 3 is 2.61 bits per heavy atom. The van der Waals surface area contributed by atoms with E-state index in [2.05, 4.69) is 10.6 Å². The van der Waals surface area contributed by atoms with Crippen LogP contribution < -0.4 is 15.4 Å². The van der Waals surface area contributed by atoms with Crippen molar-refractivity contribution in [2.45, 2.75) is 20.5 Å². The van der Waals surface area contributed by atoms with Crippen molar-refractivity contribution < 1.29 is 18.7 Å². The molecule has 0 radical (unpaired) electrons. The molecule has 2 aromatic carbocycles. The highest BCUT2D eigenvalue weighted by Gasteiger charge is 2.13. The lowest BCUT2D eigenvalue weighted by Gasteiger charge is -2.07. The molecule has 6 heteroatoms. The van der Waals surface area contributed by atoms with Gasteiger partial charge >= 0.3 is 0 Å². The van der Waals surface area contributed by atoms with Gasteiger partial charge in [0.25, 0.3) is 5.91 Å². The maximum Gasteiger partial charge on any atom is 0.287 e. The molecule has 0 atom stereocenters. The second kappa shape index (κ2) is 8.90. The number of rotatable bonds is 7. The monoisotopic (exact) mass is 378 g/mol. The van der Waals surface area contributed by atoms with Crippen LogP contribution in [0.5, 0.6) is 5.75 Å². The molecule has 1 heterocycles. The molecule has 0 spiro atoms. The third kappa shape index (κ3) is 5.23. The zero-order chi connectivity index (χ0) is 19.9. The van der Waals surface area contributed by atoms with E-state index in [9.17, 15) is 9.59 Å². The summed E-state index contributed by atoms with van der Waals surface area (Å²) in [7, 11) is 0. The van der Waals surface area contributed by atoms with Crippen molar-refractivity contribution in [3.05, 3.63) is 83.3 Å². The van der Waals surface area contributed by atoms with Gasteiger partial charge in [-0.15, -0.1) is 0 Å². The number of furan rings is 1. The number of benzene rings is 2. The van der Waals surface area contributed by atoms with Gasteiger partial charge in [-0.1, -0.05) is 30.3 Å². The lowest BCUT2D eigenvalue weighted by Crippen LogP contribution is -2.32. The van der Waals surface area contributed by atoms with Crippen molar-refractivity contribution in [2.75, 3.05) is 11.9 Å². The third-order valence-electron chi connectivity index (χ3n) is 4.06. The minimum absolute atomic E-state index is 0.131. The number of hydrogen-bond donors (Lipinski definition) is 2. The Morgan fingerprint density at radius 2 is 1.82 bits per heavy atom. The maximum atomic E-state index is 12.2. The average molecular weight is 378 g/mol. The second-order valence-corrected chi connectivity index (χ2v) is 6.42. The summed E-state index contributed by atoms with van der Waals surface area (Å²) in [5.41, 5.74) is 2.75. The Bertz CT molecular complexity index is 978. The van der Waals surface area contributed by atoms with Crippen LogP contribution >= 0.6 is 0 Å². The van der Waals surface area contributed by atoms with Crippen LogP contribution in [0.4, 0.5) is 5.69 Å². The SMILES string of the molecule is Cc1cccc(NC(=O)CNC(=O)c2ccc(COc3ccccc3C)o2)c1. The fraction of sp³-hybridized carbons (Fsp3) is 0.182. The quantitative estimate of drug-likeness (QED) is 0.654. The van der Waals surface area contributed by atoms with E-state index in [0.717, 1.165) is 16.9 Å². The molecule has 2 amide bonds. The van der Waals surface area contributed by atoms with Gasteiger partial charge in [-0.3, -0.25) is 9.59 Å². The van der Waals surface area contributed by atoms with Crippen LogP contribution in [0.15, 0.2) is 65.1 Å². The molecule has 144 valence electrons. The summed E-state index contributed by atoms with van der Waals surface area (Å²) in [4.78, 5) is 24.2. The van der Waals surface area contributed by atoms with Crippen molar-refractivity contribution in [1.82, 2.24) is 5.32 Å². The number of aryl methyl sites for hydroxylation is 2. The highest BCUT2D eigenvalue weighted by Crippen LogP contribution is 2.18. The fourth-order valence-corrected chi connectivity index (χ4v) is 2.62. The smallest absolute Gasteiger partial charge is 0.287 e. The number of para-hydroxylation sites is 1. The van der Waals surface area contributed by atoms with Crippen LogP contribution in [0.2, 0.25) is 0 Å². The molecule has 0 aliphatic rings. The van der Waals surface area contributed by atoms with E-state index in [1.165, 1.54) is 0 Å². The zero-order valence-corrected chi connectivity index (χ0v) is 15.8. The van der Waals surface area contributed by atoms with E-state index < -0.39 is 5.91 Å². The largest absolute Gasteiger partial charge is 0.485 e. The standard InChI is InChI=1S/C22H22N2O4/c1-15-6-5-8-17(12-15)24-21(25)13-23-22(26)20-11-10-18(28-20)14-27-19-9-4-3-7-16(19)2/h3-12H,13-14H2,1-2H3,(H,23,26)(H,24,25). The van der Waals surface area contributed by atoms with Crippen molar-refractivity contribution in [3.8, 4) is 5.75 Å². The molecule has 2 N–H and O–H groups in total. The lowest BCUT2D eigenvalue weighted by atomic mass is 10.2. The molecule has 3 rings (SSSR count). The van der Waals surface area contributed by atoms with Crippen LogP contribution in [0.3, 0.4) is 0 Å². The molecule has 28 heavy (non-hydrogen) atoms. The van der Waals surface area contributed by atoms with Crippen molar-refractivity contribution >= 4 is 17.5 Å². The van der Waals surface area contributed by atoms with E-state index in [4.69, 9.17) is 9.15 Å². The number of hydrogen-bond acceptors (Lipinski definition) is 4. The number of amides is 2. The Hall–Kier alpha value is -3.54. The van der Waals surface area contributed by atoms with E-state index in [-0.39, 0.29) is 24.8 Å². The van der Waals surface area contributed by atoms with Crippen molar-refractivity contribution in [2.24, 2.45) is 0 Å². The van der Waals surface area contributed by atoms with Crippen molar-refractivity contribution in [1.29, 1.82) is 0 Å². The van der Waals surface area contributed by atoms with Gasteiger partial charge < -0.3 is 19.8 Å². The van der Waals surface area contributed by atoms with Gasteiger partial charge in [0.15, 0.2) is 5.76 Å². The minimum Gasteiger partial charge on any atom is -0.485 e. The zero-order valence-electron chi connectivity index (χ0n) is 15.8. The topological polar surface area (TPSA) is 80.6 Å². The van der Waals surface area contributed by atoms with E-state index in [1.54, 1.807) is 18.2 Å². The second-order valence-electron chi connectivity index (χ2n) is 6.42. The molecule has 0 fully saturated rings. The molecule has 1 aromatic heterocycles. The third-order valence-corrected chi connectivity index (χ3v) is 4.06. The van der Waals surface area contributed by atoms with Crippen LogP contribution in [-0.4, -0.2) is 18.4 Å². The summed E-state index contributed by atoms with van der Waals surface area (Å²) >= 11 is 0. The van der Waals surface area contributed by atoms with E-state index in [1.807, 2.05) is 56.3 Å². The Labute approximate surface area is 163 Å². The molecule has 0 bridgehead atoms. The number of ether oxygens (including phenoxy) is 1. The molecule has 0 saturated heterocycles. The fourth-order valence-electron chi connectivity index (χ4n) is 2.62. The molecule has 0 aliphatic heterocycles. The minimum atomic E-state index is -0.457. The number of carbonyl (C=O) groups excluding carboxylic acids is 2. The van der Waals surface area contributed by atoms with Crippen molar-refractivity contribution in [3.63, 3.8) is 0 Å². The van der Waals surface area contributed by atoms with Gasteiger partial charge in [-0.2, -0.15) is 0 Å². The van der Waals surface area contributed by atoms with Crippen LogP contribution in [0.25, 0.3) is 0 Å². The Balaban J connectivity index is 1.48. The van der Waals surface area contributed by atoms with Gasteiger partial charge in [0, 0.05) is 5.69 Å². The first-order chi connectivity index (χ1) is 13.5. The predicted octanol–water partition coefficient (Wildman–Crippen LogP) is 3.84. The normalized spacial score (nSPS) is 10.4. The molecule has 0 aliphatic carbocycles. The predicted molar refractivity (Wildman–Crippen MR) is 106 cm³/mol. The highest BCUT2D eigenvalue weighted by atomic mass is 16.5. The molecular formula is C22H22N2O4. The maximum absolute atomic E-state index is 12.2. The molecule has 0 unspecified atom stereocenters. The highest BCUT2D eigenvalue weighted by molar-refractivity contribution is 5.98. The van der Waals surface area contributed by atoms with E-state index in [0.29, 0.717) is 11.4 Å². The lowest BCUT2D eigenvalue weighted by molar-refractivity contribution is -0.115. The molecular weight excluding hydrogens is 356 g/mol. The summed E-state index contributed by atoms with van der Waals surface area (Å²) in [6.07, 6.45) is 0. The molecule has 0 saturated carbocycles. The summed E-state index contributed by atoms with van der Waals surface area (Å²) in [6, 6.07) is 18.3. The van der Waals surface area contributed by atoms with Gasteiger partial charge in [-0.05, 0) is 55.3 Å². The summed E-state index contributed by atoms with van der Waals surface area (Å²) in [5, 5.41) is 5.28. The number of nitrogens with one attached hydrogen (secondary N) is 2. The summed E-state index contributed by atoms with van der Waals surface area (Å²) in [6.45, 7) is 3.96. The number of carbonyl (C=O) groups is 2. The first-order valence-electron chi connectivity index (χ1n) is 8.93. The van der Waals surface area contributed by atoms with Crippen LogP contribution in [-0.2, 0) is 11.4 Å². The molecule has 3 aromatic rings. The Kier molecular flexibility index (Phi) is 6.11. The molecule has 6 nitrogen and oxygen atoms in total. The van der Waals surface area contributed by atoms with Gasteiger partial charge in [0.1, 0.15) is 18.1 Å². The van der Waals surface area contributed by atoms with Gasteiger partial charge in [0.2, 0.25) is 5.91 Å². The Morgan fingerprint density at radius 1 is 1.00 bits per heavy atom. The number of anilines is 1. The summed E-state index contributed by atoms with van der Waals surface area (Å²) < 4.78 is 11.2. The first-order valence-corrected chi connectivity index (χ1v) is 8.93. The average Bonchev–Trinajstić information content (AvgIpc) is 3.15. The van der Waals surface area contributed by atoms with Gasteiger partial charge in [0.05, 0.1) is 6.54 Å². The van der Waals surface area contributed by atoms with Crippen LogP contribution in [0, 0.1) is 13.8 Å². The van der Waals surface area contributed by atoms with Gasteiger partial charge in [-0.25, -0.2) is 0 Å². The first kappa shape index (κ1) is 19.2. The van der Waals surface area contributed by atoms with E-state index >= 15 is 0 Å². The van der Waals surface area contributed by atoms with Crippen LogP contribution in [0.1, 0.15) is 27.4 Å².